The number of hydrogen-bond donors (Lipinski definition) is 0. The normalized spacial score (nSPS) is 15.7. The van der Waals surface area contributed by atoms with Crippen LogP contribution in [0, 0.1) is 5.92 Å². The molecule has 0 amide bonds. The molecule has 1 saturated heterocycles. The minimum atomic E-state index is -0.202. The fourth-order valence-electron chi connectivity index (χ4n) is 3.03. The summed E-state index contributed by atoms with van der Waals surface area (Å²) >= 11 is 0. The molecule has 1 aromatic carbocycles. The summed E-state index contributed by atoms with van der Waals surface area (Å²) < 4.78 is 14.7. The minimum Gasteiger partial charge on any atom is -0.356 e. The maximum Gasteiger partial charge on any atom is 0.236 e. The fourth-order valence-corrected chi connectivity index (χ4v) is 3.03. The van der Waals surface area contributed by atoms with E-state index in [2.05, 4.69) is 14.9 Å². The van der Waals surface area contributed by atoms with Gasteiger partial charge in [0, 0.05) is 19.3 Å². The number of halogens is 1. The Hall–Kier alpha value is -2.17. The smallest absolute Gasteiger partial charge is 0.236 e. The lowest BCUT2D eigenvalue weighted by Gasteiger charge is -2.31. The summed E-state index contributed by atoms with van der Waals surface area (Å²) in [5.41, 5.74) is 2.03. The standard InChI is InChI=1S/C16H17FN4.C2H6/c17-11-12-5-8-20(9-6-12)15-7-10-21-14-4-2-1-3-13(14)18-16(21)19-15;1-2/h1-4,7,10,12H,5-6,8-9,11H2;1-2H3. The van der Waals surface area contributed by atoms with Crippen LogP contribution in [0.25, 0.3) is 16.8 Å². The number of piperidine rings is 1. The summed E-state index contributed by atoms with van der Waals surface area (Å²) in [7, 11) is 0. The van der Waals surface area contributed by atoms with E-state index in [9.17, 15) is 4.39 Å². The summed E-state index contributed by atoms with van der Waals surface area (Å²) in [5.74, 6) is 1.88. The summed E-state index contributed by atoms with van der Waals surface area (Å²) in [4.78, 5) is 11.5. The zero-order chi connectivity index (χ0) is 16.2. The first-order valence-electron chi connectivity index (χ1n) is 8.40. The lowest BCUT2D eigenvalue weighted by molar-refractivity contribution is 0.307. The van der Waals surface area contributed by atoms with Gasteiger partial charge < -0.3 is 4.90 Å². The third kappa shape index (κ3) is 3.00. The van der Waals surface area contributed by atoms with E-state index in [1.807, 2.05) is 54.8 Å². The van der Waals surface area contributed by atoms with Gasteiger partial charge in [-0.3, -0.25) is 8.79 Å². The molecule has 4 rings (SSSR count). The first-order valence-corrected chi connectivity index (χ1v) is 8.40. The molecule has 0 aliphatic carbocycles. The predicted molar refractivity (Wildman–Crippen MR) is 92.8 cm³/mol. The van der Waals surface area contributed by atoms with Crippen molar-refractivity contribution < 1.29 is 4.39 Å². The monoisotopic (exact) mass is 314 g/mol. The number of rotatable bonds is 2. The fraction of sp³-hybridized carbons (Fsp3) is 0.444. The van der Waals surface area contributed by atoms with Crippen molar-refractivity contribution in [3.63, 3.8) is 0 Å². The molecule has 3 heterocycles. The molecular formula is C18H23FN4. The van der Waals surface area contributed by atoms with Crippen molar-refractivity contribution in [2.45, 2.75) is 26.7 Å². The van der Waals surface area contributed by atoms with Crippen molar-refractivity contribution >= 4 is 22.6 Å². The van der Waals surface area contributed by atoms with Gasteiger partial charge in [-0.25, -0.2) is 4.98 Å². The van der Waals surface area contributed by atoms with Crippen LogP contribution in [0.5, 0.6) is 0 Å². The predicted octanol–water partition coefficient (Wildman–Crippen LogP) is 4.09. The highest BCUT2D eigenvalue weighted by Crippen LogP contribution is 2.23. The van der Waals surface area contributed by atoms with Gasteiger partial charge in [-0.1, -0.05) is 26.0 Å². The van der Waals surface area contributed by atoms with Gasteiger partial charge in [-0.15, -0.1) is 0 Å². The van der Waals surface area contributed by atoms with Gasteiger partial charge in [0.2, 0.25) is 5.78 Å². The molecule has 0 bridgehead atoms. The zero-order valence-electron chi connectivity index (χ0n) is 13.7. The molecular weight excluding hydrogens is 291 g/mol. The number of imidazole rings is 1. The molecule has 1 fully saturated rings. The Bertz CT molecular complexity index is 775. The summed E-state index contributed by atoms with van der Waals surface area (Å²) in [6, 6.07) is 10.1. The van der Waals surface area contributed by atoms with E-state index in [0.717, 1.165) is 48.6 Å². The Morgan fingerprint density at radius 3 is 2.57 bits per heavy atom. The SMILES string of the molecule is CC.FCC1CCN(c2ccn3c(n2)nc2ccccc23)CC1. The van der Waals surface area contributed by atoms with Crippen LogP contribution >= 0.6 is 0 Å². The molecule has 0 spiro atoms. The second-order valence-corrected chi connectivity index (χ2v) is 5.64. The number of alkyl halides is 1. The van der Waals surface area contributed by atoms with E-state index in [-0.39, 0.29) is 12.6 Å². The van der Waals surface area contributed by atoms with E-state index in [1.165, 1.54) is 0 Å². The molecule has 23 heavy (non-hydrogen) atoms. The van der Waals surface area contributed by atoms with Crippen molar-refractivity contribution in [3.8, 4) is 0 Å². The second kappa shape index (κ2) is 6.94. The van der Waals surface area contributed by atoms with Gasteiger partial charge in [0.25, 0.3) is 0 Å². The largest absolute Gasteiger partial charge is 0.356 e. The van der Waals surface area contributed by atoms with Crippen molar-refractivity contribution in [1.29, 1.82) is 0 Å². The molecule has 0 unspecified atom stereocenters. The Morgan fingerprint density at radius 2 is 1.83 bits per heavy atom. The third-order valence-electron chi connectivity index (χ3n) is 4.32. The van der Waals surface area contributed by atoms with Crippen molar-refractivity contribution in [2.24, 2.45) is 5.92 Å². The molecule has 0 radical (unpaired) electrons. The average molecular weight is 314 g/mol. The molecule has 1 aliphatic rings. The van der Waals surface area contributed by atoms with Gasteiger partial charge >= 0.3 is 0 Å². The van der Waals surface area contributed by atoms with Gasteiger partial charge in [-0.05, 0) is 37.0 Å². The van der Waals surface area contributed by atoms with Crippen LogP contribution in [0.15, 0.2) is 36.5 Å². The number of benzene rings is 1. The van der Waals surface area contributed by atoms with Crippen LogP contribution in [0.2, 0.25) is 0 Å². The van der Waals surface area contributed by atoms with Crippen molar-refractivity contribution in [2.75, 3.05) is 24.7 Å². The highest BCUT2D eigenvalue weighted by atomic mass is 19.1. The van der Waals surface area contributed by atoms with Crippen molar-refractivity contribution in [1.82, 2.24) is 14.4 Å². The molecule has 0 saturated carbocycles. The van der Waals surface area contributed by atoms with E-state index >= 15 is 0 Å². The number of nitrogens with zero attached hydrogens (tertiary/aromatic N) is 4. The Kier molecular flexibility index (Phi) is 4.74. The number of fused-ring (bicyclic) bond motifs is 3. The van der Waals surface area contributed by atoms with Gasteiger partial charge in [0.15, 0.2) is 0 Å². The number of anilines is 1. The first kappa shape index (κ1) is 15.7. The third-order valence-corrected chi connectivity index (χ3v) is 4.32. The average Bonchev–Trinajstić information content (AvgIpc) is 3.01. The van der Waals surface area contributed by atoms with Crippen LogP contribution in [0.1, 0.15) is 26.7 Å². The molecule has 122 valence electrons. The molecule has 0 atom stereocenters. The highest BCUT2D eigenvalue weighted by molar-refractivity contribution is 5.79. The molecule has 0 N–H and O–H groups in total. The maximum atomic E-state index is 12.7. The highest BCUT2D eigenvalue weighted by Gasteiger charge is 2.20. The maximum absolute atomic E-state index is 12.7. The zero-order valence-corrected chi connectivity index (χ0v) is 13.7. The molecule has 1 aliphatic heterocycles. The van der Waals surface area contributed by atoms with E-state index < -0.39 is 0 Å². The van der Waals surface area contributed by atoms with E-state index in [1.54, 1.807) is 0 Å². The Labute approximate surface area is 136 Å². The number of aromatic nitrogens is 3. The van der Waals surface area contributed by atoms with E-state index in [0.29, 0.717) is 0 Å². The summed E-state index contributed by atoms with van der Waals surface area (Å²) in [6.07, 6.45) is 3.83. The van der Waals surface area contributed by atoms with Crippen LogP contribution in [0.4, 0.5) is 10.2 Å². The molecule has 2 aromatic heterocycles. The second-order valence-electron chi connectivity index (χ2n) is 5.64. The van der Waals surface area contributed by atoms with Gasteiger partial charge in [-0.2, -0.15) is 4.98 Å². The van der Waals surface area contributed by atoms with Crippen LogP contribution in [-0.4, -0.2) is 34.1 Å². The topological polar surface area (TPSA) is 33.4 Å². The van der Waals surface area contributed by atoms with Gasteiger partial charge in [0.1, 0.15) is 5.82 Å². The first-order chi connectivity index (χ1) is 11.3. The molecule has 3 aromatic rings. The Morgan fingerprint density at radius 1 is 1.09 bits per heavy atom. The number of hydrogen-bond acceptors (Lipinski definition) is 3. The van der Waals surface area contributed by atoms with Crippen LogP contribution in [-0.2, 0) is 0 Å². The van der Waals surface area contributed by atoms with Gasteiger partial charge in [0.05, 0.1) is 17.7 Å². The summed E-state index contributed by atoms with van der Waals surface area (Å²) in [6.45, 7) is 5.54. The quantitative estimate of drug-likeness (QED) is 0.714. The van der Waals surface area contributed by atoms with Crippen molar-refractivity contribution in [3.05, 3.63) is 36.5 Å². The van der Waals surface area contributed by atoms with Crippen LogP contribution in [0.3, 0.4) is 0 Å². The molecule has 4 nitrogen and oxygen atoms in total. The van der Waals surface area contributed by atoms with Crippen LogP contribution < -0.4 is 4.90 Å². The van der Waals surface area contributed by atoms with E-state index in [4.69, 9.17) is 0 Å². The Balaban J connectivity index is 0.000000753. The lowest BCUT2D eigenvalue weighted by atomic mass is 9.98. The lowest BCUT2D eigenvalue weighted by Crippen LogP contribution is -2.34. The number of para-hydroxylation sites is 2. The summed E-state index contributed by atoms with van der Waals surface area (Å²) in [5, 5.41) is 0. The molecule has 5 heteroatoms. The minimum absolute atomic E-state index is 0.202.